The van der Waals surface area contributed by atoms with Crippen molar-refractivity contribution >= 4 is 23.4 Å². The Labute approximate surface area is 115 Å². The number of nitrogens with zero attached hydrogens (tertiary/aromatic N) is 3. The van der Waals surface area contributed by atoms with Gasteiger partial charge < -0.3 is 10.0 Å². The van der Waals surface area contributed by atoms with Gasteiger partial charge in [0, 0.05) is 19.4 Å². The summed E-state index contributed by atoms with van der Waals surface area (Å²) in [5.41, 5.74) is 0.915. The number of anilines is 1. The van der Waals surface area contributed by atoms with Crippen molar-refractivity contribution in [2.75, 3.05) is 11.9 Å². The Hall–Kier alpha value is -2.14. The molecule has 0 aliphatic heterocycles. The first-order chi connectivity index (χ1) is 9.08. The van der Waals surface area contributed by atoms with Crippen LogP contribution < -0.4 is 4.90 Å². The molecule has 0 unspecified atom stereocenters. The predicted octanol–water partition coefficient (Wildman–Crippen LogP) is 2.46. The largest absolute Gasteiger partial charge is 0.478 e. The van der Waals surface area contributed by atoms with Crippen molar-refractivity contribution in [2.24, 2.45) is 0 Å². The van der Waals surface area contributed by atoms with Crippen molar-refractivity contribution in [1.82, 2.24) is 9.97 Å². The molecule has 0 saturated heterocycles. The zero-order chi connectivity index (χ0) is 13.8. The van der Waals surface area contributed by atoms with Crippen molar-refractivity contribution < 1.29 is 9.90 Å². The van der Waals surface area contributed by atoms with Crippen LogP contribution in [-0.2, 0) is 6.54 Å². The molecule has 19 heavy (non-hydrogen) atoms. The Morgan fingerprint density at radius 1 is 1.42 bits per heavy atom. The lowest BCUT2D eigenvalue weighted by Gasteiger charge is -2.18. The summed E-state index contributed by atoms with van der Waals surface area (Å²) in [6.07, 6.45) is 3.05. The Bertz CT molecular complexity index is 590. The molecule has 0 aliphatic carbocycles. The lowest BCUT2D eigenvalue weighted by molar-refractivity contribution is 0.0697. The second-order valence-corrected chi connectivity index (χ2v) is 4.41. The molecule has 0 fully saturated rings. The summed E-state index contributed by atoms with van der Waals surface area (Å²) in [7, 11) is 1.82. The zero-order valence-electron chi connectivity index (χ0n) is 10.2. The highest BCUT2D eigenvalue weighted by Crippen LogP contribution is 2.20. The van der Waals surface area contributed by atoms with Crippen LogP contribution >= 0.6 is 11.6 Å². The normalized spacial score (nSPS) is 10.2. The Kier molecular flexibility index (Phi) is 3.97. The summed E-state index contributed by atoms with van der Waals surface area (Å²) < 4.78 is 0. The first kappa shape index (κ1) is 13.3. The van der Waals surface area contributed by atoms with E-state index in [-0.39, 0.29) is 10.6 Å². The third kappa shape index (κ3) is 3.20. The maximum absolute atomic E-state index is 11.0. The Morgan fingerprint density at radius 2 is 2.21 bits per heavy atom. The van der Waals surface area contributed by atoms with E-state index in [0.717, 1.165) is 5.69 Å². The number of hydrogen-bond donors (Lipinski definition) is 1. The number of aromatic carboxylic acids is 1. The molecule has 1 N–H and O–H groups in total. The zero-order valence-corrected chi connectivity index (χ0v) is 11.0. The maximum atomic E-state index is 11.0. The van der Waals surface area contributed by atoms with E-state index in [4.69, 9.17) is 16.7 Å². The van der Waals surface area contributed by atoms with Gasteiger partial charge in [-0.3, -0.25) is 4.98 Å². The van der Waals surface area contributed by atoms with Gasteiger partial charge in [0.05, 0.1) is 22.8 Å². The van der Waals surface area contributed by atoms with Gasteiger partial charge in [-0.15, -0.1) is 0 Å². The molecule has 2 aromatic heterocycles. The Balaban J connectivity index is 2.22. The van der Waals surface area contributed by atoms with Gasteiger partial charge >= 0.3 is 5.97 Å². The molecule has 0 radical (unpaired) electrons. The molecule has 98 valence electrons. The molecule has 0 saturated carbocycles. The number of carbonyl (C=O) groups is 1. The molecular formula is C13H12ClN3O2. The van der Waals surface area contributed by atoms with Crippen LogP contribution in [0.3, 0.4) is 0 Å². The van der Waals surface area contributed by atoms with E-state index in [1.165, 1.54) is 12.3 Å². The first-order valence-electron chi connectivity index (χ1n) is 5.58. The minimum absolute atomic E-state index is 0.0412. The van der Waals surface area contributed by atoms with Crippen LogP contribution in [-0.4, -0.2) is 28.1 Å². The van der Waals surface area contributed by atoms with Crippen molar-refractivity contribution in [3.8, 4) is 0 Å². The van der Waals surface area contributed by atoms with Crippen molar-refractivity contribution in [1.29, 1.82) is 0 Å². The molecule has 2 heterocycles. The van der Waals surface area contributed by atoms with E-state index >= 15 is 0 Å². The monoisotopic (exact) mass is 277 g/mol. The average molecular weight is 278 g/mol. The van der Waals surface area contributed by atoms with Crippen LogP contribution in [0.1, 0.15) is 16.1 Å². The summed E-state index contributed by atoms with van der Waals surface area (Å²) in [5.74, 6) is -0.535. The fraction of sp³-hybridized carbons (Fsp3) is 0.154. The SMILES string of the molecule is CN(Cc1ccccn1)c1cc(C(=O)O)c(Cl)cn1. The van der Waals surface area contributed by atoms with Gasteiger partial charge in [0.2, 0.25) is 0 Å². The van der Waals surface area contributed by atoms with Crippen molar-refractivity contribution in [3.63, 3.8) is 0 Å². The second kappa shape index (κ2) is 5.67. The third-order valence-corrected chi connectivity index (χ3v) is 2.89. The number of hydrogen-bond acceptors (Lipinski definition) is 4. The lowest BCUT2D eigenvalue weighted by atomic mass is 10.2. The minimum Gasteiger partial charge on any atom is -0.478 e. The smallest absolute Gasteiger partial charge is 0.337 e. The lowest BCUT2D eigenvalue weighted by Crippen LogP contribution is -2.19. The average Bonchev–Trinajstić information content (AvgIpc) is 2.40. The second-order valence-electron chi connectivity index (χ2n) is 4.00. The number of rotatable bonds is 4. The molecule has 5 nitrogen and oxygen atoms in total. The summed E-state index contributed by atoms with van der Waals surface area (Å²) >= 11 is 5.78. The highest BCUT2D eigenvalue weighted by Gasteiger charge is 2.12. The highest BCUT2D eigenvalue weighted by atomic mass is 35.5. The molecule has 0 aliphatic rings. The van der Waals surface area contributed by atoms with Gasteiger partial charge in [-0.1, -0.05) is 17.7 Å². The van der Waals surface area contributed by atoms with Crippen LogP contribution in [0.15, 0.2) is 36.7 Å². The van der Waals surface area contributed by atoms with Gasteiger partial charge in [0.15, 0.2) is 0 Å². The quantitative estimate of drug-likeness (QED) is 0.930. The first-order valence-corrected chi connectivity index (χ1v) is 5.95. The molecule has 0 aromatic carbocycles. The van der Waals surface area contributed by atoms with Gasteiger partial charge in [0.1, 0.15) is 5.82 Å². The summed E-state index contributed by atoms with van der Waals surface area (Å²) in [5, 5.41) is 9.15. The molecule has 2 rings (SSSR count). The molecule has 0 atom stereocenters. The van der Waals surface area contributed by atoms with Crippen LogP contribution in [0.4, 0.5) is 5.82 Å². The molecule has 0 amide bonds. The number of pyridine rings is 2. The van der Waals surface area contributed by atoms with Crippen LogP contribution in [0.25, 0.3) is 0 Å². The number of halogens is 1. The van der Waals surface area contributed by atoms with Crippen LogP contribution in [0.2, 0.25) is 5.02 Å². The van der Waals surface area contributed by atoms with Gasteiger partial charge in [-0.05, 0) is 18.2 Å². The van der Waals surface area contributed by atoms with E-state index in [1.54, 1.807) is 6.20 Å². The molecule has 6 heteroatoms. The van der Waals surface area contributed by atoms with Gasteiger partial charge in [-0.2, -0.15) is 0 Å². The summed E-state index contributed by atoms with van der Waals surface area (Å²) in [6, 6.07) is 7.08. The topological polar surface area (TPSA) is 66.3 Å². The number of carboxylic acids is 1. The third-order valence-electron chi connectivity index (χ3n) is 2.59. The molecule has 2 aromatic rings. The van der Waals surface area contributed by atoms with E-state index < -0.39 is 5.97 Å². The Morgan fingerprint density at radius 3 is 2.84 bits per heavy atom. The molecule has 0 spiro atoms. The number of aromatic nitrogens is 2. The summed E-state index contributed by atoms with van der Waals surface area (Å²) in [4.78, 5) is 21.2. The summed E-state index contributed by atoms with van der Waals surface area (Å²) in [6.45, 7) is 0.536. The number of carboxylic acid groups (broad SMARTS) is 1. The van der Waals surface area contributed by atoms with Gasteiger partial charge in [0.25, 0.3) is 0 Å². The molecule has 0 bridgehead atoms. The van der Waals surface area contributed by atoms with Crippen LogP contribution in [0, 0.1) is 0 Å². The maximum Gasteiger partial charge on any atom is 0.337 e. The fourth-order valence-electron chi connectivity index (χ4n) is 1.62. The van der Waals surface area contributed by atoms with Crippen molar-refractivity contribution in [3.05, 3.63) is 52.9 Å². The van der Waals surface area contributed by atoms with E-state index in [1.807, 2.05) is 30.1 Å². The van der Waals surface area contributed by atoms with Gasteiger partial charge in [-0.25, -0.2) is 9.78 Å². The molecular weight excluding hydrogens is 266 g/mol. The standard InChI is InChI=1S/C13H12ClN3O2/c1-17(8-9-4-2-3-5-15-9)12-6-10(13(18)19)11(14)7-16-12/h2-7H,8H2,1H3,(H,18,19). The fourth-order valence-corrected chi connectivity index (χ4v) is 1.80. The minimum atomic E-state index is -1.07. The van der Waals surface area contributed by atoms with E-state index in [2.05, 4.69) is 9.97 Å². The van der Waals surface area contributed by atoms with Crippen molar-refractivity contribution in [2.45, 2.75) is 6.54 Å². The highest BCUT2D eigenvalue weighted by molar-refractivity contribution is 6.33. The van der Waals surface area contributed by atoms with Crippen LogP contribution in [0.5, 0.6) is 0 Å². The predicted molar refractivity (Wildman–Crippen MR) is 72.6 cm³/mol. The van der Waals surface area contributed by atoms with E-state index in [9.17, 15) is 4.79 Å². The van der Waals surface area contributed by atoms with E-state index in [0.29, 0.717) is 12.4 Å².